The predicted molar refractivity (Wildman–Crippen MR) is 68.5 cm³/mol. The van der Waals surface area contributed by atoms with Gasteiger partial charge < -0.3 is 15.5 Å². The lowest BCUT2D eigenvalue weighted by molar-refractivity contribution is -0.123. The second-order valence-corrected chi connectivity index (χ2v) is 5.04. The van der Waals surface area contributed by atoms with Crippen molar-refractivity contribution in [1.29, 1.82) is 0 Å². The molecule has 0 aliphatic heterocycles. The van der Waals surface area contributed by atoms with Crippen LogP contribution in [0.5, 0.6) is 0 Å². The molecule has 2 unspecified atom stereocenters. The van der Waals surface area contributed by atoms with Gasteiger partial charge in [0.1, 0.15) is 0 Å². The highest BCUT2D eigenvalue weighted by Crippen LogP contribution is 1.95. The molecule has 0 radical (unpaired) electrons. The summed E-state index contributed by atoms with van der Waals surface area (Å²) in [5.74, 6) is 0.0757. The van der Waals surface area contributed by atoms with Crippen molar-refractivity contribution in [2.45, 2.75) is 52.2 Å². The molecule has 4 nitrogen and oxygen atoms in total. The van der Waals surface area contributed by atoms with E-state index < -0.39 is 0 Å². The van der Waals surface area contributed by atoms with E-state index in [9.17, 15) is 4.79 Å². The molecule has 0 saturated carbocycles. The Hall–Kier alpha value is -0.610. The number of nitrogens with one attached hydrogen (secondary N) is 2. The lowest BCUT2D eigenvalue weighted by Gasteiger charge is -2.21. The lowest BCUT2D eigenvalue weighted by atomic mass is 10.2. The van der Waals surface area contributed by atoms with Crippen LogP contribution in [0.4, 0.5) is 0 Å². The zero-order valence-electron chi connectivity index (χ0n) is 11.5. The molecule has 0 fully saturated rings. The molecule has 4 heteroatoms. The van der Waals surface area contributed by atoms with E-state index in [1.165, 1.54) is 0 Å². The molecule has 96 valence electrons. The van der Waals surface area contributed by atoms with Gasteiger partial charge in [-0.1, -0.05) is 0 Å². The van der Waals surface area contributed by atoms with E-state index in [1.807, 2.05) is 20.8 Å². The average molecular weight is 229 g/mol. The van der Waals surface area contributed by atoms with Crippen molar-refractivity contribution >= 4 is 5.91 Å². The third kappa shape index (κ3) is 7.65. The van der Waals surface area contributed by atoms with Gasteiger partial charge in [-0.05, 0) is 54.8 Å². The number of carbonyl (C=O) groups is 1. The van der Waals surface area contributed by atoms with Crippen LogP contribution in [-0.2, 0) is 4.79 Å². The maximum atomic E-state index is 11.6. The maximum Gasteiger partial charge on any atom is 0.237 e. The standard InChI is InChI=1S/C12H27N3O/c1-9(2)13-12(16)11(4)14-10(3)7-8-15(5)6/h9-11,14H,7-8H2,1-6H3,(H,13,16). The van der Waals surface area contributed by atoms with Crippen molar-refractivity contribution in [3.63, 3.8) is 0 Å². The first-order valence-corrected chi connectivity index (χ1v) is 6.04. The van der Waals surface area contributed by atoms with Gasteiger partial charge in [0.2, 0.25) is 5.91 Å². The van der Waals surface area contributed by atoms with Gasteiger partial charge in [0.05, 0.1) is 6.04 Å². The Balaban J connectivity index is 3.84. The highest BCUT2D eigenvalue weighted by atomic mass is 16.2. The van der Waals surface area contributed by atoms with Gasteiger partial charge in [-0.2, -0.15) is 0 Å². The fourth-order valence-electron chi connectivity index (χ4n) is 1.45. The first kappa shape index (κ1) is 15.4. The summed E-state index contributed by atoms with van der Waals surface area (Å²) >= 11 is 0. The maximum absolute atomic E-state index is 11.6. The first-order chi connectivity index (χ1) is 7.32. The summed E-state index contributed by atoms with van der Waals surface area (Å²) in [5.41, 5.74) is 0. The van der Waals surface area contributed by atoms with Gasteiger partial charge in [0.15, 0.2) is 0 Å². The van der Waals surface area contributed by atoms with Crippen molar-refractivity contribution in [2.75, 3.05) is 20.6 Å². The Labute approximate surface area is 99.8 Å². The fraction of sp³-hybridized carbons (Fsp3) is 0.917. The molecule has 0 aromatic carbocycles. The van der Waals surface area contributed by atoms with Gasteiger partial charge in [-0.15, -0.1) is 0 Å². The number of amides is 1. The van der Waals surface area contributed by atoms with Gasteiger partial charge in [-0.3, -0.25) is 4.79 Å². The molecule has 0 heterocycles. The van der Waals surface area contributed by atoms with Crippen LogP contribution < -0.4 is 10.6 Å². The van der Waals surface area contributed by atoms with Crippen LogP contribution in [0.25, 0.3) is 0 Å². The molecule has 1 amide bonds. The molecule has 0 aromatic rings. The molecule has 0 bridgehead atoms. The second-order valence-electron chi connectivity index (χ2n) is 5.04. The summed E-state index contributed by atoms with van der Waals surface area (Å²) in [5, 5.41) is 6.20. The van der Waals surface area contributed by atoms with Crippen molar-refractivity contribution < 1.29 is 4.79 Å². The summed E-state index contributed by atoms with van der Waals surface area (Å²) in [6.45, 7) is 9.00. The quantitative estimate of drug-likeness (QED) is 0.679. The van der Waals surface area contributed by atoms with E-state index in [0.717, 1.165) is 13.0 Å². The predicted octanol–water partition coefficient (Wildman–Crippen LogP) is 0.829. The third-order valence-corrected chi connectivity index (χ3v) is 2.37. The Morgan fingerprint density at radius 1 is 1.19 bits per heavy atom. The minimum absolute atomic E-state index is 0.0757. The largest absolute Gasteiger partial charge is 0.353 e. The normalized spacial score (nSPS) is 15.2. The van der Waals surface area contributed by atoms with Crippen LogP contribution in [0.15, 0.2) is 0 Å². The smallest absolute Gasteiger partial charge is 0.237 e. The molecular formula is C12H27N3O. The number of nitrogens with zero attached hydrogens (tertiary/aromatic N) is 1. The Morgan fingerprint density at radius 2 is 1.75 bits per heavy atom. The summed E-state index contributed by atoms with van der Waals surface area (Å²) in [7, 11) is 4.11. The number of hydrogen-bond donors (Lipinski definition) is 2. The highest BCUT2D eigenvalue weighted by molar-refractivity contribution is 5.81. The van der Waals surface area contributed by atoms with E-state index in [2.05, 4.69) is 36.6 Å². The van der Waals surface area contributed by atoms with Crippen LogP contribution in [0.2, 0.25) is 0 Å². The third-order valence-electron chi connectivity index (χ3n) is 2.37. The molecule has 0 aliphatic rings. The topological polar surface area (TPSA) is 44.4 Å². The van der Waals surface area contributed by atoms with Gasteiger partial charge in [0.25, 0.3) is 0 Å². The highest BCUT2D eigenvalue weighted by Gasteiger charge is 2.15. The SMILES string of the molecule is CC(C)NC(=O)C(C)NC(C)CCN(C)C. The summed E-state index contributed by atoms with van der Waals surface area (Å²) < 4.78 is 0. The van der Waals surface area contributed by atoms with Crippen LogP contribution in [0, 0.1) is 0 Å². The fourth-order valence-corrected chi connectivity index (χ4v) is 1.45. The zero-order chi connectivity index (χ0) is 12.7. The molecule has 0 aromatic heterocycles. The molecule has 0 rings (SSSR count). The second kappa shape index (κ2) is 7.63. The zero-order valence-corrected chi connectivity index (χ0v) is 11.5. The van der Waals surface area contributed by atoms with E-state index in [-0.39, 0.29) is 18.0 Å². The monoisotopic (exact) mass is 229 g/mol. The average Bonchev–Trinajstić information content (AvgIpc) is 2.13. The summed E-state index contributed by atoms with van der Waals surface area (Å²) in [6.07, 6.45) is 1.05. The van der Waals surface area contributed by atoms with Crippen molar-refractivity contribution in [2.24, 2.45) is 0 Å². The summed E-state index contributed by atoms with van der Waals surface area (Å²) in [6, 6.07) is 0.434. The number of hydrogen-bond acceptors (Lipinski definition) is 3. The van der Waals surface area contributed by atoms with Crippen LogP contribution in [0.1, 0.15) is 34.1 Å². The molecule has 0 spiro atoms. The lowest BCUT2D eigenvalue weighted by Crippen LogP contribution is -2.48. The first-order valence-electron chi connectivity index (χ1n) is 6.04. The van der Waals surface area contributed by atoms with E-state index in [4.69, 9.17) is 0 Å². The number of carbonyl (C=O) groups excluding carboxylic acids is 1. The Bertz CT molecular complexity index is 204. The molecular weight excluding hydrogens is 202 g/mol. The molecule has 2 atom stereocenters. The van der Waals surface area contributed by atoms with Crippen LogP contribution in [-0.4, -0.2) is 49.6 Å². The van der Waals surface area contributed by atoms with Gasteiger partial charge in [-0.25, -0.2) is 0 Å². The van der Waals surface area contributed by atoms with E-state index in [1.54, 1.807) is 0 Å². The van der Waals surface area contributed by atoms with E-state index in [0.29, 0.717) is 6.04 Å². The molecule has 0 saturated heterocycles. The Morgan fingerprint density at radius 3 is 2.19 bits per heavy atom. The molecule has 2 N–H and O–H groups in total. The molecule has 16 heavy (non-hydrogen) atoms. The van der Waals surface area contributed by atoms with Crippen molar-refractivity contribution in [1.82, 2.24) is 15.5 Å². The minimum Gasteiger partial charge on any atom is -0.353 e. The minimum atomic E-state index is -0.125. The van der Waals surface area contributed by atoms with Gasteiger partial charge >= 0.3 is 0 Å². The van der Waals surface area contributed by atoms with Crippen molar-refractivity contribution in [3.05, 3.63) is 0 Å². The molecule has 0 aliphatic carbocycles. The van der Waals surface area contributed by atoms with Crippen LogP contribution in [0.3, 0.4) is 0 Å². The Kier molecular flexibility index (Phi) is 7.34. The summed E-state index contributed by atoms with van der Waals surface area (Å²) in [4.78, 5) is 13.8. The van der Waals surface area contributed by atoms with Crippen molar-refractivity contribution in [3.8, 4) is 0 Å². The van der Waals surface area contributed by atoms with Crippen LogP contribution >= 0.6 is 0 Å². The van der Waals surface area contributed by atoms with E-state index >= 15 is 0 Å². The number of rotatable bonds is 7. The van der Waals surface area contributed by atoms with Gasteiger partial charge in [0, 0.05) is 12.1 Å².